The van der Waals surface area contributed by atoms with Gasteiger partial charge in [0, 0.05) is 61.5 Å². The fourth-order valence-electron chi connectivity index (χ4n) is 6.67. The Kier molecular flexibility index (Phi) is 12.7. The van der Waals surface area contributed by atoms with Gasteiger partial charge in [-0.05, 0) is 59.9 Å². The van der Waals surface area contributed by atoms with Crippen LogP contribution in [0.25, 0.3) is 33.3 Å². The van der Waals surface area contributed by atoms with Crippen LogP contribution in [0.4, 0.5) is 23.7 Å². The largest absolute Gasteiger partial charge is 0.481 e. The summed E-state index contributed by atoms with van der Waals surface area (Å²) in [6.07, 6.45) is 4.09. The number of pyridine rings is 1. The van der Waals surface area contributed by atoms with Gasteiger partial charge in [-0.2, -0.15) is 23.4 Å². The molecule has 0 aliphatic carbocycles. The SMILES string of the molecule is O=C(O)CCC(=O)NCC(=O)CCCCCCCn1ncc2c(-c3cc(-c4ccc(NC(=O)N5Cc6ccncc6C5)cc4)nn(CC(F)(F)F)c3=O)cccc21. The number of anilines is 1. The highest BCUT2D eigenvalue weighted by Crippen LogP contribution is 2.30. The quantitative estimate of drug-likeness (QED) is 0.0909. The maximum Gasteiger partial charge on any atom is 0.408 e. The third-order valence-electron chi connectivity index (χ3n) is 9.60. The number of unbranched alkanes of at least 4 members (excludes halogenated alkanes) is 4. The highest BCUT2D eigenvalue weighted by atomic mass is 19.4. The summed E-state index contributed by atoms with van der Waals surface area (Å²) in [4.78, 5) is 66.5. The molecule has 3 N–H and O–H groups in total. The van der Waals surface area contributed by atoms with Crippen LogP contribution >= 0.6 is 0 Å². The van der Waals surface area contributed by atoms with Crippen molar-refractivity contribution in [1.82, 2.24) is 34.8 Å². The van der Waals surface area contributed by atoms with Crippen LogP contribution in [0.3, 0.4) is 0 Å². The van der Waals surface area contributed by atoms with Crippen LogP contribution in [0.1, 0.15) is 62.5 Å². The number of ketones is 1. The molecule has 0 fully saturated rings. The number of aryl methyl sites for hydroxylation is 1. The number of urea groups is 1. The summed E-state index contributed by atoms with van der Waals surface area (Å²) in [6.45, 7) is -0.282. The number of rotatable bonds is 17. The first kappa shape index (κ1) is 40.3. The number of Topliss-reactive ketones (excluding diaryl/α,β-unsaturated/α-hetero) is 1. The van der Waals surface area contributed by atoms with Crippen molar-refractivity contribution in [3.63, 3.8) is 0 Å². The molecule has 2 aromatic carbocycles. The van der Waals surface area contributed by atoms with Gasteiger partial charge in [-0.25, -0.2) is 9.48 Å². The van der Waals surface area contributed by atoms with E-state index in [1.165, 1.54) is 6.07 Å². The van der Waals surface area contributed by atoms with Crippen molar-refractivity contribution in [2.75, 3.05) is 11.9 Å². The number of nitrogens with one attached hydrogen (secondary N) is 2. The van der Waals surface area contributed by atoms with Crippen LogP contribution in [0.15, 0.2) is 78.0 Å². The molecule has 3 amide bonds. The molecule has 57 heavy (non-hydrogen) atoms. The molecule has 14 nitrogen and oxygen atoms in total. The van der Waals surface area contributed by atoms with Crippen LogP contribution in [0.2, 0.25) is 0 Å². The molecular formula is C40H41F3N8O6. The molecule has 0 saturated heterocycles. The van der Waals surface area contributed by atoms with Gasteiger partial charge in [0.05, 0.1) is 35.9 Å². The van der Waals surface area contributed by atoms with Crippen molar-refractivity contribution in [2.24, 2.45) is 0 Å². The first-order valence-electron chi connectivity index (χ1n) is 18.6. The number of hydrogen-bond acceptors (Lipinski definition) is 8. The Hall–Kier alpha value is -6.39. The fourth-order valence-corrected chi connectivity index (χ4v) is 6.67. The second-order valence-electron chi connectivity index (χ2n) is 13.9. The Labute approximate surface area is 324 Å². The molecule has 1 aliphatic rings. The van der Waals surface area contributed by atoms with E-state index in [4.69, 9.17) is 5.11 Å². The van der Waals surface area contributed by atoms with Gasteiger partial charge in [0.1, 0.15) is 6.54 Å². The van der Waals surface area contributed by atoms with Gasteiger partial charge < -0.3 is 20.6 Å². The summed E-state index contributed by atoms with van der Waals surface area (Å²) in [5.74, 6) is -1.67. The third kappa shape index (κ3) is 10.7. The number of benzene rings is 2. The Morgan fingerprint density at radius 2 is 1.58 bits per heavy atom. The number of alkyl halides is 3. The topological polar surface area (TPSA) is 181 Å². The smallest absolute Gasteiger partial charge is 0.408 e. The van der Waals surface area contributed by atoms with E-state index in [1.807, 2.05) is 12.1 Å². The Morgan fingerprint density at radius 3 is 2.33 bits per heavy atom. The molecule has 6 rings (SSSR count). The molecule has 5 aromatic rings. The molecule has 0 radical (unpaired) electrons. The van der Waals surface area contributed by atoms with Gasteiger partial charge in [-0.1, -0.05) is 43.5 Å². The molecule has 0 saturated carbocycles. The molecule has 17 heteroatoms. The van der Waals surface area contributed by atoms with Crippen molar-refractivity contribution >= 4 is 40.3 Å². The zero-order valence-electron chi connectivity index (χ0n) is 30.9. The van der Waals surface area contributed by atoms with E-state index in [9.17, 15) is 37.1 Å². The number of carboxylic acids is 1. The van der Waals surface area contributed by atoms with Crippen LogP contribution in [0, 0.1) is 0 Å². The molecule has 0 unspecified atom stereocenters. The molecular weight excluding hydrogens is 745 g/mol. The standard InChI is InChI=1S/C40H41F3N8O6/c41-40(42,43)25-51-38(56)32(19-34(48-51)26-10-12-29(13-11-26)47-39(57)49-23-27-16-17-44-20-28(27)24-49)31-8-6-9-35-33(31)22-46-50(35)18-5-3-1-2-4-7-30(52)21-45-36(53)14-15-37(54)55/h6,8-13,16-17,19-20,22H,1-5,7,14-15,18,21,23-25H2,(H,45,53)(H,47,57)(H,54,55). The molecule has 0 bridgehead atoms. The fraction of sp³-hybridized carbons (Fsp3) is 0.350. The summed E-state index contributed by atoms with van der Waals surface area (Å²) in [5, 5.41) is 23.1. The zero-order valence-corrected chi connectivity index (χ0v) is 30.9. The summed E-state index contributed by atoms with van der Waals surface area (Å²) in [7, 11) is 0. The molecule has 3 aromatic heterocycles. The molecule has 1 aliphatic heterocycles. The highest BCUT2D eigenvalue weighted by Gasteiger charge is 2.30. The average molecular weight is 787 g/mol. The molecule has 0 spiro atoms. The van der Waals surface area contributed by atoms with E-state index in [-0.39, 0.29) is 42.5 Å². The molecule has 0 atom stereocenters. The minimum absolute atomic E-state index is 0.0317. The summed E-state index contributed by atoms with van der Waals surface area (Å²) < 4.78 is 43.3. The molecule has 298 valence electrons. The minimum atomic E-state index is -4.71. The van der Waals surface area contributed by atoms with Gasteiger partial charge >= 0.3 is 18.2 Å². The lowest BCUT2D eigenvalue weighted by Crippen LogP contribution is -2.31. The van der Waals surface area contributed by atoms with Crippen LogP contribution in [-0.4, -0.2) is 71.0 Å². The van der Waals surface area contributed by atoms with Crippen LogP contribution in [-0.2, 0) is 40.6 Å². The number of aliphatic carboxylic acids is 1. The second-order valence-corrected chi connectivity index (χ2v) is 13.9. The van der Waals surface area contributed by atoms with E-state index in [1.54, 1.807) is 64.6 Å². The molecule has 4 heterocycles. The lowest BCUT2D eigenvalue weighted by atomic mass is 10.0. The number of nitrogens with zero attached hydrogens (tertiary/aromatic N) is 6. The predicted molar refractivity (Wildman–Crippen MR) is 204 cm³/mol. The maximum atomic E-state index is 13.7. The number of amides is 3. The van der Waals surface area contributed by atoms with Gasteiger partial charge in [0.25, 0.3) is 5.56 Å². The van der Waals surface area contributed by atoms with E-state index < -0.39 is 30.2 Å². The van der Waals surface area contributed by atoms with E-state index in [0.717, 1.165) is 36.8 Å². The Balaban J connectivity index is 1.09. The van der Waals surface area contributed by atoms with Gasteiger partial charge in [-0.15, -0.1) is 0 Å². The van der Waals surface area contributed by atoms with Gasteiger partial charge in [0.15, 0.2) is 5.78 Å². The van der Waals surface area contributed by atoms with Gasteiger partial charge in [0.2, 0.25) is 5.91 Å². The first-order valence-corrected chi connectivity index (χ1v) is 18.6. The number of carboxylic acid groups (broad SMARTS) is 1. The lowest BCUT2D eigenvalue weighted by Gasteiger charge is -2.17. The number of carbonyl (C=O) groups excluding carboxylic acids is 3. The summed E-state index contributed by atoms with van der Waals surface area (Å²) >= 11 is 0. The second kappa shape index (κ2) is 18.0. The number of aromatic nitrogens is 5. The number of hydrogen-bond donors (Lipinski definition) is 3. The lowest BCUT2D eigenvalue weighted by molar-refractivity contribution is -0.143. The Bertz CT molecular complexity index is 2300. The monoisotopic (exact) mass is 786 g/mol. The van der Waals surface area contributed by atoms with Gasteiger partial charge in [-0.3, -0.25) is 28.8 Å². The minimum Gasteiger partial charge on any atom is -0.481 e. The maximum absolute atomic E-state index is 13.7. The van der Waals surface area contributed by atoms with Crippen LogP contribution < -0.4 is 16.2 Å². The highest BCUT2D eigenvalue weighted by molar-refractivity contribution is 5.95. The number of carbonyl (C=O) groups is 4. The van der Waals surface area contributed by atoms with Crippen molar-refractivity contribution in [2.45, 2.75) is 83.7 Å². The van der Waals surface area contributed by atoms with E-state index in [2.05, 4.69) is 25.8 Å². The first-order chi connectivity index (χ1) is 27.3. The zero-order chi connectivity index (χ0) is 40.5. The average Bonchev–Trinajstić information content (AvgIpc) is 3.81. The summed E-state index contributed by atoms with van der Waals surface area (Å²) in [6, 6.07) is 14.7. The predicted octanol–water partition coefficient (Wildman–Crippen LogP) is 6.32. The van der Waals surface area contributed by atoms with Crippen molar-refractivity contribution < 1.29 is 37.5 Å². The van der Waals surface area contributed by atoms with E-state index >= 15 is 0 Å². The van der Waals surface area contributed by atoms with Crippen molar-refractivity contribution in [3.05, 3.63) is 94.7 Å². The van der Waals surface area contributed by atoms with Crippen molar-refractivity contribution in [1.29, 1.82) is 0 Å². The van der Waals surface area contributed by atoms with Crippen molar-refractivity contribution in [3.8, 4) is 22.4 Å². The number of halogens is 3. The normalized spacial score (nSPS) is 12.4. The number of fused-ring (bicyclic) bond motifs is 2. The summed E-state index contributed by atoms with van der Waals surface area (Å²) in [5.41, 5.74) is 3.30. The third-order valence-corrected chi connectivity index (χ3v) is 9.60. The van der Waals surface area contributed by atoms with E-state index in [0.29, 0.717) is 64.9 Å². The van der Waals surface area contributed by atoms with Crippen LogP contribution in [0.5, 0.6) is 0 Å². The Morgan fingerprint density at radius 1 is 0.825 bits per heavy atom.